The number of carbonyl (C=O) groups excluding carboxylic acids is 1. The second-order valence-electron chi connectivity index (χ2n) is 4.47. The van der Waals surface area contributed by atoms with Gasteiger partial charge in [-0.1, -0.05) is 18.2 Å². The molecule has 1 unspecified atom stereocenters. The molecule has 0 aliphatic heterocycles. The van der Waals surface area contributed by atoms with Crippen LogP contribution in [0.25, 0.3) is 10.9 Å². The van der Waals surface area contributed by atoms with Crippen molar-refractivity contribution in [1.29, 1.82) is 0 Å². The lowest BCUT2D eigenvalue weighted by Crippen LogP contribution is -2.35. The van der Waals surface area contributed by atoms with E-state index >= 15 is 0 Å². The van der Waals surface area contributed by atoms with Crippen LogP contribution >= 0.6 is 0 Å². The lowest BCUT2D eigenvalue weighted by atomic mass is 10.0. The second-order valence-corrected chi connectivity index (χ2v) is 4.47. The smallest absolute Gasteiger partial charge is 0.217 e. The summed E-state index contributed by atoms with van der Waals surface area (Å²) in [5, 5.41) is 13.1. The summed E-state index contributed by atoms with van der Waals surface area (Å²) in [6, 6.07) is 8.05. The fourth-order valence-electron chi connectivity index (χ4n) is 2.23. The van der Waals surface area contributed by atoms with Gasteiger partial charge >= 0.3 is 0 Å². The lowest BCUT2D eigenvalue weighted by Gasteiger charge is -2.16. The molecule has 1 atom stereocenters. The fourth-order valence-corrected chi connectivity index (χ4v) is 2.23. The molecule has 0 fully saturated rings. The highest BCUT2D eigenvalue weighted by Gasteiger charge is 2.12. The molecule has 1 heterocycles. The lowest BCUT2D eigenvalue weighted by molar-refractivity contribution is -0.119. The zero-order valence-corrected chi connectivity index (χ0v) is 10.4. The first-order valence-corrected chi connectivity index (χ1v) is 6.13. The summed E-state index contributed by atoms with van der Waals surface area (Å²) >= 11 is 0. The third-order valence-electron chi connectivity index (χ3n) is 3.03. The minimum atomic E-state index is -0.0618. The molecular weight excluding hydrogens is 228 g/mol. The van der Waals surface area contributed by atoms with Gasteiger partial charge in [-0.2, -0.15) is 0 Å². The van der Waals surface area contributed by atoms with Crippen LogP contribution in [0.1, 0.15) is 18.9 Å². The van der Waals surface area contributed by atoms with Crippen molar-refractivity contribution in [3.63, 3.8) is 0 Å². The molecule has 0 radical (unpaired) electrons. The Morgan fingerprint density at radius 2 is 2.22 bits per heavy atom. The normalized spacial score (nSPS) is 12.6. The van der Waals surface area contributed by atoms with Crippen molar-refractivity contribution in [1.82, 2.24) is 10.3 Å². The van der Waals surface area contributed by atoms with E-state index in [2.05, 4.69) is 16.4 Å². The van der Waals surface area contributed by atoms with E-state index in [0.717, 1.165) is 17.5 Å². The zero-order valence-electron chi connectivity index (χ0n) is 10.4. The van der Waals surface area contributed by atoms with Crippen molar-refractivity contribution < 1.29 is 9.90 Å². The van der Waals surface area contributed by atoms with E-state index in [0.29, 0.717) is 6.42 Å². The Morgan fingerprint density at radius 1 is 1.44 bits per heavy atom. The molecule has 0 saturated heterocycles. The SMILES string of the molecule is CC(=O)NC(CCO)Cc1c[nH]c2ccccc12. The minimum Gasteiger partial charge on any atom is -0.396 e. The number of amides is 1. The Hall–Kier alpha value is -1.81. The number of aliphatic hydroxyl groups excluding tert-OH is 1. The van der Waals surface area contributed by atoms with Crippen LogP contribution in [0, 0.1) is 0 Å². The van der Waals surface area contributed by atoms with Crippen molar-refractivity contribution in [2.24, 2.45) is 0 Å². The van der Waals surface area contributed by atoms with Crippen LogP contribution in [-0.4, -0.2) is 28.6 Å². The Kier molecular flexibility index (Phi) is 3.99. The van der Waals surface area contributed by atoms with Crippen molar-refractivity contribution in [2.45, 2.75) is 25.8 Å². The molecule has 0 spiro atoms. The summed E-state index contributed by atoms with van der Waals surface area (Å²) in [7, 11) is 0. The third kappa shape index (κ3) is 2.90. The number of benzene rings is 1. The number of hydrogen-bond acceptors (Lipinski definition) is 2. The van der Waals surface area contributed by atoms with Gasteiger partial charge in [-0.3, -0.25) is 4.79 Å². The summed E-state index contributed by atoms with van der Waals surface area (Å²) in [4.78, 5) is 14.3. The zero-order chi connectivity index (χ0) is 13.0. The summed E-state index contributed by atoms with van der Waals surface area (Å²) in [5.41, 5.74) is 2.26. The standard InChI is InChI=1S/C14H18N2O2/c1-10(18)16-12(6-7-17)8-11-9-15-14-5-3-2-4-13(11)14/h2-5,9,12,15,17H,6-8H2,1H3,(H,16,18). The highest BCUT2D eigenvalue weighted by molar-refractivity contribution is 5.83. The number of aromatic nitrogens is 1. The summed E-state index contributed by atoms with van der Waals surface area (Å²) in [5.74, 6) is -0.0618. The van der Waals surface area contributed by atoms with Crippen molar-refractivity contribution in [3.05, 3.63) is 36.0 Å². The number of nitrogens with one attached hydrogen (secondary N) is 2. The number of aliphatic hydroxyl groups is 1. The highest BCUT2D eigenvalue weighted by Crippen LogP contribution is 2.19. The molecule has 96 valence electrons. The molecule has 4 nitrogen and oxygen atoms in total. The van der Waals surface area contributed by atoms with Crippen LogP contribution in [0.5, 0.6) is 0 Å². The molecule has 1 aromatic carbocycles. The number of H-pyrrole nitrogens is 1. The van der Waals surface area contributed by atoms with Gasteiger partial charge in [0.25, 0.3) is 0 Å². The number of fused-ring (bicyclic) bond motifs is 1. The summed E-state index contributed by atoms with van der Waals surface area (Å²) in [6.07, 6.45) is 3.26. The molecule has 1 aromatic heterocycles. The number of carbonyl (C=O) groups is 1. The highest BCUT2D eigenvalue weighted by atomic mass is 16.3. The first-order chi connectivity index (χ1) is 8.70. The molecule has 0 aliphatic carbocycles. The van der Waals surface area contributed by atoms with Gasteiger partial charge in [-0.05, 0) is 24.5 Å². The van der Waals surface area contributed by atoms with E-state index in [4.69, 9.17) is 5.11 Å². The van der Waals surface area contributed by atoms with Gasteiger partial charge in [-0.15, -0.1) is 0 Å². The molecule has 1 amide bonds. The van der Waals surface area contributed by atoms with Crippen LogP contribution in [0.2, 0.25) is 0 Å². The van der Waals surface area contributed by atoms with Crippen LogP contribution in [0.15, 0.2) is 30.5 Å². The van der Waals surface area contributed by atoms with Gasteiger partial charge in [0.15, 0.2) is 0 Å². The topological polar surface area (TPSA) is 65.1 Å². The van der Waals surface area contributed by atoms with Crippen LogP contribution in [-0.2, 0) is 11.2 Å². The Labute approximate surface area is 106 Å². The van der Waals surface area contributed by atoms with E-state index in [9.17, 15) is 4.79 Å². The van der Waals surface area contributed by atoms with Crippen molar-refractivity contribution in [2.75, 3.05) is 6.61 Å². The summed E-state index contributed by atoms with van der Waals surface area (Å²) < 4.78 is 0. The van der Waals surface area contributed by atoms with Crippen LogP contribution < -0.4 is 5.32 Å². The van der Waals surface area contributed by atoms with Gasteiger partial charge in [-0.25, -0.2) is 0 Å². The molecule has 18 heavy (non-hydrogen) atoms. The molecule has 2 rings (SSSR count). The average Bonchev–Trinajstić information content (AvgIpc) is 2.72. The Bertz CT molecular complexity index is 533. The number of rotatable bonds is 5. The van der Waals surface area contributed by atoms with Gasteiger partial charge in [0.1, 0.15) is 0 Å². The van der Waals surface area contributed by atoms with Crippen molar-refractivity contribution in [3.8, 4) is 0 Å². The predicted molar refractivity (Wildman–Crippen MR) is 71.3 cm³/mol. The van der Waals surface area contributed by atoms with E-state index in [1.165, 1.54) is 12.3 Å². The quantitative estimate of drug-likeness (QED) is 0.750. The fraction of sp³-hybridized carbons (Fsp3) is 0.357. The number of aromatic amines is 1. The van der Waals surface area contributed by atoms with Crippen LogP contribution in [0.4, 0.5) is 0 Å². The van der Waals surface area contributed by atoms with Gasteiger partial charge in [0.2, 0.25) is 5.91 Å². The molecular formula is C14H18N2O2. The molecule has 0 saturated carbocycles. The molecule has 2 aromatic rings. The summed E-state index contributed by atoms with van der Waals surface area (Å²) in [6.45, 7) is 1.58. The van der Waals surface area contributed by atoms with E-state index in [1.807, 2.05) is 24.4 Å². The van der Waals surface area contributed by atoms with E-state index < -0.39 is 0 Å². The Morgan fingerprint density at radius 3 is 2.94 bits per heavy atom. The number of hydrogen-bond donors (Lipinski definition) is 3. The third-order valence-corrected chi connectivity index (χ3v) is 3.03. The molecule has 3 N–H and O–H groups in total. The van der Waals surface area contributed by atoms with E-state index in [1.54, 1.807) is 0 Å². The largest absolute Gasteiger partial charge is 0.396 e. The maximum absolute atomic E-state index is 11.1. The van der Waals surface area contributed by atoms with E-state index in [-0.39, 0.29) is 18.6 Å². The number of para-hydroxylation sites is 1. The van der Waals surface area contributed by atoms with Gasteiger partial charge in [0.05, 0.1) is 0 Å². The van der Waals surface area contributed by atoms with Gasteiger partial charge < -0.3 is 15.4 Å². The first kappa shape index (κ1) is 12.6. The van der Waals surface area contributed by atoms with Crippen molar-refractivity contribution >= 4 is 16.8 Å². The second kappa shape index (κ2) is 5.69. The van der Waals surface area contributed by atoms with Gasteiger partial charge in [0, 0.05) is 36.7 Å². The average molecular weight is 246 g/mol. The molecule has 0 aliphatic rings. The Balaban J connectivity index is 2.17. The predicted octanol–water partition coefficient (Wildman–Crippen LogP) is 1.60. The molecule has 0 bridgehead atoms. The monoisotopic (exact) mass is 246 g/mol. The maximum atomic E-state index is 11.1. The molecule has 4 heteroatoms. The maximum Gasteiger partial charge on any atom is 0.217 e. The van der Waals surface area contributed by atoms with Crippen LogP contribution in [0.3, 0.4) is 0 Å². The minimum absolute atomic E-state index is 0.0216. The first-order valence-electron chi connectivity index (χ1n) is 6.13.